The summed E-state index contributed by atoms with van der Waals surface area (Å²) < 4.78 is 0. The molecule has 0 aliphatic rings. The van der Waals surface area contributed by atoms with Gasteiger partial charge in [-0.3, -0.25) is 10.1 Å². The topological polar surface area (TPSA) is 43.1 Å². The van der Waals surface area contributed by atoms with Crippen molar-refractivity contribution in [1.29, 1.82) is 0 Å². The van der Waals surface area contributed by atoms with Crippen LogP contribution < -0.4 is 0 Å². The van der Waals surface area contributed by atoms with E-state index >= 15 is 0 Å². The molecule has 0 unspecified atom stereocenters. The lowest BCUT2D eigenvalue weighted by Gasteiger charge is -1.96. The highest BCUT2D eigenvalue weighted by Crippen LogP contribution is 2.15. The third-order valence-corrected chi connectivity index (χ3v) is 3.10. The number of nitrogens with zero attached hydrogens (tertiary/aromatic N) is 1. The zero-order valence-electron chi connectivity index (χ0n) is 12.5. The highest BCUT2D eigenvalue weighted by atomic mass is 16.6. The smallest absolute Gasteiger partial charge is 0.258 e. The second-order valence-corrected chi connectivity index (χ2v) is 4.84. The fourth-order valence-corrected chi connectivity index (χ4v) is 1.94. The minimum absolute atomic E-state index is 0.0303. The van der Waals surface area contributed by atoms with Crippen LogP contribution >= 0.6 is 0 Å². The lowest BCUT2D eigenvalue weighted by molar-refractivity contribution is -0.385. The van der Waals surface area contributed by atoms with Crippen molar-refractivity contribution in [2.24, 2.45) is 0 Å². The van der Waals surface area contributed by atoms with E-state index in [0.717, 1.165) is 12.8 Å². The van der Waals surface area contributed by atoms with E-state index in [0.29, 0.717) is 5.56 Å². The van der Waals surface area contributed by atoms with E-state index in [1.165, 1.54) is 38.2 Å². The van der Waals surface area contributed by atoms with E-state index in [4.69, 9.17) is 0 Å². The third-order valence-electron chi connectivity index (χ3n) is 3.10. The van der Waals surface area contributed by atoms with E-state index < -0.39 is 4.92 Å². The average molecular weight is 283 g/mol. The highest BCUT2D eigenvalue weighted by molar-refractivity contribution is 5.52. The van der Waals surface area contributed by atoms with Crippen LogP contribution in [0.25, 0.3) is 0 Å². The Balaban J connectivity index is 2.37. The maximum absolute atomic E-state index is 10.8. The predicted octanol–water partition coefficient (Wildman–Crippen LogP) is 4.70. The first-order valence-electron chi connectivity index (χ1n) is 7.48. The van der Waals surface area contributed by atoms with E-state index in [-0.39, 0.29) is 5.69 Å². The molecular weight excluding hydrogens is 262 g/mol. The molecule has 0 aliphatic heterocycles. The van der Waals surface area contributed by atoms with Crippen LogP contribution in [0.5, 0.6) is 0 Å². The molecule has 1 aromatic rings. The molecule has 3 nitrogen and oxygen atoms in total. The van der Waals surface area contributed by atoms with Crippen molar-refractivity contribution in [1.82, 2.24) is 0 Å². The maximum Gasteiger partial charge on any atom is 0.284 e. The molecule has 0 fully saturated rings. The Labute approximate surface area is 126 Å². The summed E-state index contributed by atoms with van der Waals surface area (Å²) in [4.78, 5) is 10.4. The maximum atomic E-state index is 10.8. The first-order chi connectivity index (χ1) is 10.3. The standard InChI is InChI=1S/C18H21NO2/c1-2-3-4-5-6-7-8-9-10-11-14-17-15-12-13-16-18(17)19(20)21/h12-13,15-16H,2-8H2,1H3. The second kappa shape index (κ2) is 10.5. The SMILES string of the molecule is CCCCCCCCC#CC#Cc1ccccc1[N+](=O)[O-]. The summed E-state index contributed by atoms with van der Waals surface area (Å²) in [6, 6.07) is 6.46. The predicted molar refractivity (Wildman–Crippen MR) is 85.7 cm³/mol. The van der Waals surface area contributed by atoms with Gasteiger partial charge in [-0.15, -0.1) is 0 Å². The molecule has 0 radical (unpaired) electrons. The lowest BCUT2D eigenvalue weighted by atomic mass is 10.1. The number of benzene rings is 1. The highest BCUT2D eigenvalue weighted by Gasteiger charge is 2.09. The van der Waals surface area contributed by atoms with Crippen molar-refractivity contribution < 1.29 is 4.92 Å². The molecule has 0 aliphatic carbocycles. The summed E-state index contributed by atoms with van der Waals surface area (Å²) >= 11 is 0. The van der Waals surface area contributed by atoms with Gasteiger partial charge in [0.15, 0.2) is 0 Å². The van der Waals surface area contributed by atoms with Gasteiger partial charge in [0.2, 0.25) is 0 Å². The molecule has 3 heteroatoms. The molecule has 1 aromatic carbocycles. The van der Waals surface area contributed by atoms with Gasteiger partial charge in [-0.2, -0.15) is 0 Å². The zero-order valence-corrected chi connectivity index (χ0v) is 12.5. The van der Waals surface area contributed by atoms with Crippen molar-refractivity contribution in [3.63, 3.8) is 0 Å². The van der Waals surface area contributed by atoms with Crippen LogP contribution in [0.15, 0.2) is 24.3 Å². The molecule has 1 rings (SSSR count). The van der Waals surface area contributed by atoms with Crippen LogP contribution in [0.2, 0.25) is 0 Å². The van der Waals surface area contributed by atoms with Gasteiger partial charge in [-0.25, -0.2) is 0 Å². The van der Waals surface area contributed by atoms with Gasteiger partial charge in [-0.1, -0.05) is 57.1 Å². The number of para-hydroxylation sites is 1. The van der Waals surface area contributed by atoms with E-state index in [2.05, 4.69) is 30.6 Å². The first-order valence-corrected chi connectivity index (χ1v) is 7.48. The van der Waals surface area contributed by atoms with Crippen LogP contribution in [-0.4, -0.2) is 4.92 Å². The Hall–Kier alpha value is -2.26. The fourth-order valence-electron chi connectivity index (χ4n) is 1.94. The third kappa shape index (κ3) is 7.18. The molecule has 0 heterocycles. The van der Waals surface area contributed by atoms with Gasteiger partial charge in [0.1, 0.15) is 5.56 Å². The van der Waals surface area contributed by atoms with Gasteiger partial charge in [-0.05, 0) is 30.2 Å². The van der Waals surface area contributed by atoms with Crippen molar-refractivity contribution >= 4 is 5.69 Å². The van der Waals surface area contributed by atoms with Crippen LogP contribution in [-0.2, 0) is 0 Å². The normalized spacial score (nSPS) is 9.19. The molecule has 0 atom stereocenters. The number of hydrogen-bond acceptors (Lipinski definition) is 2. The summed E-state index contributed by atoms with van der Waals surface area (Å²) in [6.07, 6.45) is 8.32. The molecule has 0 bridgehead atoms. The van der Waals surface area contributed by atoms with Crippen LogP contribution in [0, 0.1) is 33.8 Å². The monoisotopic (exact) mass is 283 g/mol. The molecular formula is C18H21NO2. The van der Waals surface area contributed by atoms with Crippen LogP contribution in [0.4, 0.5) is 5.69 Å². The largest absolute Gasteiger partial charge is 0.284 e. The molecule has 0 spiro atoms. The number of nitro groups is 1. The fraction of sp³-hybridized carbons (Fsp3) is 0.444. The minimum Gasteiger partial charge on any atom is -0.258 e. The van der Waals surface area contributed by atoms with E-state index in [1.54, 1.807) is 18.2 Å². The van der Waals surface area contributed by atoms with Crippen LogP contribution in [0.3, 0.4) is 0 Å². The minimum atomic E-state index is -0.423. The van der Waals surface area contributed by atoms with Crippen molar-refractivity contribution in [3.8, 4) is 23.7 Å². The van der Waals surface area contributed by atoms with Crippen LogP contribution in [0.1, 0.15) is 57.4 Å². The Kier molecular flexibility index (Phi) is 8.41. The molecule has 0 amide bonds. The van der Waals surface area contributed by atoms with Crippen molar-refractivity contribution in [2.45, 2.75) is 51.9 Å². The lowest BCUT2D eigenvalue weighted by Crippen LogP contribution is -1.90. The number of unbranched alkanes of at least 4 members (excludes halogenated alkanes) is 6. The molecule has 0 saturated carbocycles. The van der Waals surface area contributed by atoms with Gasteiger partial charge in [0.25, 0.3) is 5.69 Å². The van der Waals surface area contributed by atoms with Gasteiger partial charge < -0.3 is 0 Å². The number of nitro benzene ring substituents is 1. The Morgan fingerprint density at radius 3 is 2.52 bits per heavy atom. The quantitative estimate of drug-likeness (QED) is 0.315. The Morgan fingerprint density at radius 2 is 1.76 bits per heavy atom. The van der Waals surface area contributed by atoms with Crippen molar-refractivity contribution in [2.75, 3.05) is 0 Å². The van der Waals surface area contributed by atoms with Gasteiger partial charge in [0, 0.05) is 12.5 Å². The Morgan fingerprint density at radius 1 is 1.05 bits per heavy atom. The van der Waals surface area contributed by atoms with Crippen molar-refractivity contribution in [3.05, 3.63) is 39.9 Å². The number of rotatable bonds is 7. The van der Waals surface area contributed by atoms with E-state index in [1.807, 2.05) is 0 Å². The molecule has 21 heavy (non-hydrogen) atoms. The molecule has 0 N–H and O–H groups in total. The van der Waals surface area contributed by atoms with Gasteiger partial charge >= 0.3 is 0 Å². The second-order valence-electron chi connectivity index (χ2n) is 4.84. The average Bonchev–Trinajstić information content (AvgIpc) is 2.49. The summed E-state index contributed by atoms with van der Waals surface area (Å²) in [5.74, 6) is 11.2. The first kappa shape index (κ1) is 16.8. The summed E-state index contributed by atoms with van der Waals surface area (Å²) in [5, 5.41) is 10.8. The molecule has 0 saturated heterocycles. The molecule has 110 valence electrons. The summed E-state index contributed by atoms with van der Waals surface area (Å²) in [5.41, 5.74) is 0.444. The van der Waals surface area contributed by atoms with E-state index in [9.17, 15) is 10.1 Å². The molecule has 0 aromatic heterocycles. The van der Waals surface area contributed by atoms with Gasteiger partial charge in [0.05, 0.1) is 4.92 Å². The Bertz CT molecular complexity index is 570. The summed E-state index contributed by atoms with van der Waals surface area (Å²) in [6.45, 7) is 2.21. The zero-order chi connectivity index (χ0) is 15.3. The number of hydrogen-bond donors (Lipinski definition) is 0. The summed E-state index contributed by atoms with van der Waals surface area (Å²) in [7, 11) is 0.